The summed E-state index contributed by atoms with van der Waals surface area (Å²) in [6.07, 6.45) is 29.5. The molecule has 0 aromatic carbocycles. The molecule has 6 nitrogen and oxygen atoms in total. The number of aliphatic hydroxyl groups is 1. The van der Waals surface area contributed by atoms with Gasteiger partial charge in [-0.15, -0.1) is 0 Å². The third-order valence-electron chi connectivity index (χ3n) is 5.80. The average molecular weight is 526 g/mol. The lowest BCUT2D eigenvalue weighted by atomic mass is 10.0. The summed E-state index contributed by atoms with van der Waals surface area (Å²) in [7, 11) is -4.30. The molecule has 0 aliphatic rings. The summed E-state index contributed by atoms with van der Waals surface area (Å²) < 4.78 is 31.9. The van der Waals surface area contributed by atoms with E-state index in [4.69, 9.17) is 0 Å². The van der Waals surface area contributed by atoms with Gasteiger partial charge < -0.3 is 10.4 Å². The fourth-order valence-electron chi connectivity index (χ4n) is 3.74. The molecule has 0 spiro atoms. The summed E-state index contributed by atoms with van der Waals surface area (Å²) in [5.74, 6) is -0.965. The Morgan fingerprint density at radius 3 is 1.92 bits per heavy atom. The van der Waals surface area contributed by atoms with Gasteiger partial charge in [0.25, 0.3) is 10.1 Å². The van der Waals surface area contributed by atoms with E-state index in [2.05, 4.69) is 67.8 Å². The molecule has 0 fully saturated rings. The van der Waals surface area contributed by atoms with E-state index in [1.807, 2.05) is 0 Å². The number of nitrogens with one attached hydrogen (secondary N) is 1. The maximum absolute atomic E-state index is 12.3. The van der Waals surface area contributed by atoms with Crippen LogP contribution in [-0.2, 0) is 14.9 Å². The number of carbonyl (C=O) groups is 1. The van der Waals surface area contributed by atoms with E-state index in [9.17, 15) is 22.9 Å². The lowest BCUT2D eigenvalue weighted by Crippen LogP contribution is -2.47. The Bertz CT molecular complexity index is 756. The molecule has 0 saturated carbocycles. The van der Waals surface area contributed by atoms with E-state index in [1.165, 1.54) is 6.42 Å². The van der Waals surface area contributed by atoms with E-state index < -0.39 is 28.0 Å². The van der Waals surface area contributed by atoms with Crippen LogP contribution in [0.2, 0.25) is 0 Å². The summed E-state index contributed by atoms with van der Waals surface area (Å²) in [5.41, 5.74) is 0. The van der Waals surface area contributed by atoms with E-state index in [0.29, 0.717) is 12.8 Å². The first-order valence-electron chi connectivity index (χ1n) is 13.8. The van der Waals surface area contributed by atoms with Crippen LogP contribution in [0.4, 0.5) is 0 Å². The van der Waals surface area contributed by atoms with Gasteiger partial charge in [0.15, 0.2) is 0 Å². The van der Waals surface area contributed by atoms with Crippen molar-refractivity contribution in [1.82, 2.24) is 5.32 Å². The Morgan fingerprint density at radius 2 is 1.33 bits per heavy atom. The van der Waals surface area contributed by atoms with E-state index in [1.54, 1.807) is 0 Å². The molecule has 0 heterocycles. The zero-order chi connectivity index (χ0) is 26.9. The minimum Gasteiger partial charge on any atom is -0.391 e. The van der Waals surface area contributed by atoms with Crippen molar-refractivity contribution in [2.75, 3.05) is 5.75 Å². The summed E-state index contributed by atoms with van der Waals surface area (Å²) in [5, 5.41) is 13.0. The first-order chi connectivity index (χ1) is 17.3. The fraction of sp³-hybridized carbons (Fsp3) is 0.690. The summed E-state index contributed by atoms with van der Waals surface area (Å²) in [4.78, 5) is 12.3. The van der Waals surface area contributed by atoms with Crippen LogP contribution in [0.5, 0.6) is 0 Å². The molecule has 0 rings (SSSR count). The smallest absolute Gasteiger partial charge is 0.266 e. The minimum absolute atomic E-state index is 0.263. The molecule has 0 aromatic heterocycles. The number of aliphatic hydroxyl groups excluding tert-OH is 1. The van der Waals surface area contributed by atoms with Gasteiger partial charge in [-0.1, -0.05) is 101 Å². The Labute approximate surface area is 220 Å². The number of allylic oxidation sites excluding steroid dienone is 8. The second-order valence-electron chi connectivity index (χ2n) is 9.29. The monoisotopic (exact) mass is 525 g/mol. The molecule has 0 bridgehead atoms. The van der Waals surface area contributed by atoms with Crippen LogP contribution in [0.25, 0.3) is 0 Å². The molecule has 0 aromatic rings. The van der Waals surface area contributed by atoms with Crippen LogP contribution >= 0.6 is 0 Å². The molecule has 3 N–H and O–H groups in total. The fourth-order valence-corrected chi connectivity index (χ4v) is 4.49. The lowest BCUT2D eigenvalue weighted by molar-refractivity contribution is -0.122. The average Bonchev–Trinajstić information content (AvgIpc) is 2.82. The largest absolute Gasteiger partial charge is 0.391 e. The number of amides is 1. The Balaban J connectivity index is 4.13. The van der Waals surface area contributed by atoms with Crippen molar-refractivity contribution in [3.05, 3.63) is 48.6 Å². The highest BCUT2D eigenvalue weighted by Crippen LogP contribution is 2.12. The van der Waals surface area contributed by atoms with Crippen molar-refractivity contribution in [1.29, 1.82) is 0 Å². The zero-order valence-electron chi connectivity index (χ0n) is 22.6. The highest BCUT2D eigenvalue weighted by atomic mass is 32.2. The van der Waals surface area contributed by atoms with Gasteiger partial charge in [0.2, 0.25) is 5.91 Å². The first-order valence-corrected chi connectivity index (χ1v) is 15.4. The summed E-state index contributed by atoms with van der Waals surface area (Å²) >= 11 is 0. The molecular weight excluding hydrogens is 474 g/mol. The number of unbranched alkanes of at least 4 members (excludes halogenated alkanes) is 7. The summed E-state index contributed by atoms with van der Waals surface area (Å²) in [6.45, 7) is 4.28. The standard InChI is InChI=1S/C29H51NO5S/c1-3-5-7-9-11-12-13-14-15-16-17-18-19-21-23-25-29(32)30-27(26-36(33,34)35)28(31)24-22-20-10-8-6-4-2/h5,7,11-12,14-15,17-18,27-28,31H,3-4,6,8-10,13,16,19-26H2,1-2H3,(H,30,32)(H,33,34,35)/b7-5-,12-11-,15-14-,18-17-. The molecule has 1 amide bonds. The summed E-state index contributed by atoms with van der Waals surface area (Å²) in [6, 6.07) is -0.988. The van der Waals surface area contributed by atoms with Gasteiger partial charge >= 0.3 is 0 Å². The number of hydrogen-bond acceptors (Lipinski definition) is 4. The number of hydrogen-bond donors (Lipinski definition) is 3. The van der Waals surface area contributed by atoms with Crippen LogP contribution in [0, 0.1) is 0 Å². The van der Waals surface area contributed by atoms with E-state index in [-0.39, 0.29) is 12.3 Å². The van der Waals surface area contributed by atoms with Crippen LogP contribution < -0.4 is 5.32 Å². The van der Waals surface area contributed by atoms with Crippen molar-refractivity contribution in [3.8, 4) is 0 Å². The highest BCUT2D eigenvalue weighted by molar-refractivity contribution is 7.85. The molecule has 0 aliphatic heterocycles. The second kappa shape index (κ2) is 23.7. The van der Waals surface area contributed by atoms with Crippen molar-refractivity contribution in [2.45, 2.75) is 122 Å². The lowest BCUT2D eigenvalue weighted by Gasteiger charge is -2.23. The number of rotatable bonds is 23. The molecule has 0 aliphatic carbocycles. The number of carbonyl (C=O) groups excluding carboxylic acids is 1. The second-order valence-corrected chi connectivity index (χ2v) is 10.8. The van der Waals surface area contributed by atoms with Crippen molar-refractivity contribution in [2.24, 2.45) is 0 Å². The molecule has 2 atom stereocenters. The molecule has 0 radical (unpaired) electrons. The predicted molar refractivity (Wildman–Crippen MR) is 152 cm³/mol. The highest BCUT2D eigenvalue weighted by Gasteiger charge is 2.25. The third-order valence-corrected chi connectivity index (χ3v) is 6.58. The molecular formula is C29H51NO5S. The third kappa shape index (κ3) is 24.0. The van der Waals surface area contributed by atoms with Gasteiger partial charge in [-0.25, -0.2) is 0 Å². The van der Waals surface area contributed by atoms with Gasteiger partial charge in [-0.05, 0) is 51.4 Å². The predicted octanol–water partition coefficient (Wildman–Crippen LogP) is 6.84. The van der Waals surface area contributed by atoms with Crippen molar-refractivity contribution in [3.63, 3.8) is 0 Å². The minimum atomic E-state index is -4.30. The molecule has 208 valence electrons. The van der Waals surface area contributed by atoms with Crippen LogP contribution in [0.15, 0.2) is 48.6 Å². The topological polar surface area (TPSA) is 104 Å². The SMILES string of the molecule is CC/C=C\C/C=C\C/C=C\C/C=C\CCCCC(=O)NC(CS(=O)(=O)O)C(O)CCCCCCCC. The van der Waals surface area contributed by atoms with Gasteiger partial charge in [0, 0.05) is 6.42 Å². The van der Waals surface area contributed by atoms with E-state index in [0.717, 1.165) is 70.6 Å². The first kappa shape index (κ1) is 34.3. The Kier molecular flexibility index (Phi) is 22.6. The van der Waals surface area contributed by atoms with Crippen LogP contribution in [0.1, 0.15) is 110 Å². The van der Waals surface area contributed by atoms with E-state index >= 15 is 0 Å². The maximum Gasteiger partial charge on any atom is 0.266 e. The zero-order valence-corrected chi connectivity index (χ0v) is 23.4. The normalized spacial score (nSPS) is 14.4. The van der Waals surface area contributed by atoms with Crippen molar-refractivity contribution < 1.29 is 22.9 Å². The molecule has 2 unspecified atom stereocenters. The Morgan fingerprint density at radius 1 is 0.778 bits per heavy atom. The van der Waals surface area contributed by atoms with Gasteiger partial charge in [0.1, 0.15) is 0 Å². The van der Waals surface area contributed by atoms with Gasteiger partial charge in [0.05, 0.1) is 17.9 Å². The molecule has 0 saturated heterocycles. The van der Waals surface area contributed by atoms with Crippen LogP contribution in [-0.4, -0.2) is 41.9 Å². The molecule has 7 heteroatoms. The Hall–Kier alpha value is -1.70. The van der Waals surface area contributed by atoms with Crippen molar-refractivity contribution >= 4 is 16.0 Å². The van der Waals surface area contributed by atoms with Crippen LogP contribution in [0.3, 0.4) is 0 Å². The maximum atomic E-state index is 12.3. The quantitative estimate of drug-likeness (QED) is 0.0770. The van der Waals surface area contributed by atoms with Gasteiger partial charge in [-0.3, -0.25) is 9.35 Å². The van der Waals surface area contributed by atoms with Gasteiger partial charge in [-0.2, -0.15) is 8.42 Å². The molecule has 36 heavy (non-hydrogen) atoms.